The number of aliphatic carboxylic acids is 1. The van der Waals surface area contributed by atoms with Gasteiger partial charge in [0, 0.05) is 12.1 Å². The lowest BCUT2D eigenvalue weighted by Gasteiger charge is -2.10. The van der Waals surface area contributed by atoms with Crippen molar-refractivity contribution in [1.82, 2.24) is 9.55 Å². The minimum Gasteiger partial charge on any atom is -0.493 e. The topological polar surface area (TPSA) is 93.8 Å². The first-order valence-electron chi connectivity index (χ1n) is 6.00. The van der Waals surface area contributed by atoms with Gasteiger partial charge in [-0.25, -0.2) is 4.98 Å². The van der Waals surface area contributed by atoms with E-state index in [0.29, 0.717) is 22.5 Å². The van der Waals surface area contributed by atoms with E-state index in [-0.39, 0.29) is 12.4 Å². The summed E-state index contributed by atoms with van der Waals surface area (Å²) in [4.78, 5) is 15.2. The Morgan fingerprint density at radius 2 is 1.95 bits per heavy atom. The molecule has 2 rings (SSSR count). The summed E-state index contributed by atoms with van der Waals surface area (Å²) in [7, 11) is 3.00. The maximum atomic E-state index is 11.0. The van der Waals surface area contributed by atoms with Crippen molar-refractivity contribution < 1.29 is 24.5 Å². The van der Waals surface area contributed by atoms with E-state index < -0.39 is 12.1 Å². The standard InChI is InChI=1S/C13H16N2O5/c1-7(16)13-14-8-4-10(19-2)11(20-3)5-9(8)15(13)6-12(17)18/h4-5,7,16H,6H2,1-3H3,(H,17,18). The highest BCUT2D eigenvalue weighted by molar-refractivity contribution is 5.82. The second-order valence-electron chi connectivity index (χ2n) is 4.32. The second kappa shape index (κ2) is 5.38. The van der Waals surface area contributed by atoms with Gasteiger partial charge in [0.25, 0.3) is 0 Å². The molecule has 2 N–H and O–H groups in total. The molecule has 0 saturated heterocycles. The van der Waals surface area contributed by atoms with Crippen molar-refractivity contribution in [2.75, 3.05) is 14.2 Å². The molecule has 0 aliphatic carbocycles. The fourth-order valence-corrected chi connectivity index (χ4v) is 2.09. The quantitative estimate of drug-likeness (QED) is 0.854. The van der Waals surface area contributed by atoms with E-state index in [1.807, 2.05) is 0 Å². The van der Waals surface area contributed by atoms with E-state index in [1.54, 1.807) is 12.1 Å². The number of fused-ring (bicyclic) bond motifs is 1. The molecular weight excluding hydrogens is 264 g/mol. The Labute approximate surface area is 115 Å². The zero-order valence-corrected chi connectivity index (χ0v) is 11.5. The van der Waals surface area contributed by atoms with Gasteiger partial charge in [0.05, 0.1) is 25.3 Å². The monoisotopic (exact) mass is 280 g/mol. The Hall–Kier alpha value is -2.28. The lowest BCUT2D eigenvalue weighted by molar-refractivity contribution is -0.137. The van der Waals surface area contributed by atoms with E-state index in [9.17, 15) is 9.90 Å². The van der Waals surface area contributed by atoms with Gasteiger partial charge in [0.1, 0.15) is 18.5 Å². The summed E-state index contributed by atoms with van der Waals surface area (Å²) in [5, 5.41) is 18.7. The predicted molar refractivity (Wildman–Crippen MR) is 71.1 cm³/mol. The first-order chi connectivity index (χ1) is 9.47. The molecule has 7 heteroatoms. The third-order valence-corrected chi connectivity index (χ3v) is 2.95. The second-order valence-corrected chi connectivity index (χ2v) is 4.32. The van der Waals surface area contributed by atoms with Gasteiger partial charge in [-0.05, 0) is 6.92 Å². The van der Waals surface area contributed by atoms with Crippen LogP contribution in [0.5, 0.6) is 11.5 Å². The molecule has 0 aliphatic heterocycles. The number of carbonyl (C=O) groups is 1. The van der Waals surface area contributed by atoms with Crippen molar-refractivity contribution in [2.45, 2.75) is 19.6 Å². The molecule has 20 heavy (non-hydrogen) atoms. The number of aliphatic hydroxyl groups excluding tert-OH is 1. The molecule has 0 spiro atoms. The molecule has 7 nitrogen and oxygen atoms in total. The lowest BCUT2D eigenvalue weighted by atomic mass is 10.2. The van der Waals surface area contributed by atoms with Crippen LogP contribution in [-0.2, 0) is 11.3 Å². The molecule has 1 aromatic heterocycles. The molecular formula is C13H16N2O5. The number of aromatic nitrogens is 2. The van der Waals surface area contributed by atoms with Crippen molar-refractivity contribution in [1.29, 1.82) is 0 Å². The van der Waals surface area contributed by atoms with Crippen molar-refractivity contribution in [3.63, 3.8) is 0 Å². The van der Waals surface area contributed by atoms with Gasteiger partial charge in [-0.15, -0.1) is 0 Å². The number of ether oxygens (including phenoxy) is 2. The van der Waals surface area contributed by atoms with E-state index in [2.05, 4.69) is 4.98 Å². The van der Waals surface area contributed by atoms with Crippen LogP contribution in [0, 0.1) is 0 Å². The fraction of sp³-hybridized carbons (Fsp3) is 0.385. The number of nitrogens with zero attached hydrogens (tertiary/aromatic N) is 2. The minimum absolute atomic E-state index is 0.285. The number of aliphatic hydroxyl groups is 1. The summed E-state index contributed by atoms with van der Waals surface area (Å²) >= 11 is 0. The molecule has 0 amide bonds. The van der Waals surface area contributed by atoms with Gasteiger partial charge < -0.3 is 24.3 Å². The maximum absolute atomic E-state index is 11.0. The van der Waals surface area contributed by atoms with Gasteiger partial charge in [-0.3, -0.25) is 4.79 Å². The minimum atomic E-state index is -1.01. The van der Waals surface area contributed by atoms with Crippen LogP contribution in [0.15, 0.2) is 12.1 Å². The van der Waals surface area contributed by atoms with Gasteiger partial charge in [0.15, 0.2) is 11.5 Å². The number of methoxy groups -OCH3 is 2. The van der Waals surface area contributed by atoms with Crippen molar-refractivity contribution in [2.24, 2.45) is 0 Å². The number of imidazole rings is 1. The van der Waals surface area contributed by atoms with E-state index in [4.69, 9.17) is 14.6 Å². The Balaban J connectivity index is 2.71. The molecule has 108 valence electrons. The molecule has 1 heterocycles. The number of carboxylic acid groups (broad SMARTS) is 1. The Morgan fingerprint density at radius 1 is 1.35 bits per heavy atom. The maximum Gasteiger partial charge on any atom is 0.323 e. The summed E-state index contributed by atoms with van der Waals surface area (Å²) in [5.41, 5.74) is 1.11. The summed E-state index contributed by atoms with van der Waals surface area (Å²) in [6.45, 7) is 1.25. The highest BCUT2D eigenvalue weighted by Gasteiger charge is 2.19. The molecule has 1 unspecified atom stereocenters. The molecule has 0 fully saturated rings. The average molecular weight is 280 g/mol. The van der Waals surface area contributed by atoms with Crippen LogP contribution in [0.2, 0.25) is 0 Å². The van der Waals surface area contributed by atoms with Crippen LogP contribution in [0.4, 0.5) is 0 Å². The van der Waals surface area contributed by atoms with E-state index >= 15 is 0 Å². The van der Waals surface area contributed by atoms with Crippen LogP contribution < -0.4 is 9.47 Å². The van der Waals surface area contributed by atoms with Gasteiger partial charge in [-0.1, -0.05) is 0 Å². The van der Waals surface area contributed by atoms with Crippen LogP contribution in [0.1, 0.15) is 18.9 Å². The number of carboxylic acids is 1. The molecule has 0 aliphatic rings. The SMILES string of the molecule is COc1cc2nc(C(C)O)n(CC(=O)O)c2cc1OC. The third-order valence-electron chi connectivity index (χ3n) is 2.95. The van der Waals surface area contributed by atoms with Crippen LogP contribution in [0.3, 0.4) is 0 Å². The fourth-order valence-electron chi connectivity index (χ4n) is 2.09. The largest absolute Gasteiger partial charge is 0.493 e. The van der Waals surface area contributed by atoms with Crippen LogP contribution in [-0.4, -0.2) is 40.0 Å². The summed E-state index contributed by atoms with van der Waals surface area (Å²) in [5.74, 6) is 0.250. The predicted octanol–water partition coefficient (Wildman–Crippen LogP) is 1.19. The molecule has 0 radical (unpaired) electrons. The highest BCUT2D eigenvalue weighted by atomic mass is 16.5. The van der Waals surface area contributed by atoms with Crippen molar-refractivity contribution in [3.05, 3.63) is 18.0 Å². The molecule has 1 atom stereocenters. The zero-order valence-electron chi connectivity index (χ0n) is 11.5. The summed E-state index contributed by atoms with van der Waals surface area (Å²) in [6, 6.07) is 3.30. The Morgan fingerprint density at radius 3 is 2.45 bits per heavy atom. The molecule has 0 saturated carbocycles. The number of hydrogen-bond acceptors (Lipinski definition) is 5. The first-order valence-corrected chi connectivity index (χ1v) is 6.00. The molecule has 0 bridgehead atoms. The highest BCUT2D eigenvalue weighted by Crippen LogP contribution is 2.33. The van der Waals surface area contributed by atoms with Crippen LogP contribution in [0.25, 0.3) is 11.0 Å². The van der Waals surface area contributed by atoms with E-state index in [1.165, 1.54) is 25.7 Å². The summed E-state index contributed by atoms with van der Waals surface area (Å²) in [6.07, 6.45) is -0.876. The number of benzene rings is 1. The Kier molecular flexibility index (Phi) is 3.80. The van der Waals surface area contributed by atoms with Gasteiger partial charge >= 0.3 is 5.97 Å². The summed E-state index contributed by atoms with van der Waals surface area (Å²) < 4.78 is 11.8. The number of hydrogen-bond donors (Lipinski definition) is 2. The van der Waals surface area contributed by atoms with Gasteiger partial charge in [0.2, 0.25) is 0 Å². The first kappa shape index (κ1) is 14.1. The molecule has 1 aromatic carbocycles. The smallest absolute Gasteiger partial charge is 0.323 e. The molecule has 2 aromatic rings. The van der Waals surface area contributed by atoms with Crippen LogP contribution >= 0.6 is 0 Å². The van der Waals surface area contributed by atoms with E-state index in [0.717, 1.165) is 0 Å². The average Bonchev–Trinajstić information content (AvgIpc) is 2.74. The van der Waals surface area contributed by atoms with Gasteiger partial charge in [-0.2, -0.15) is 0 Å². The Bertz CT molecular complexity index is 648. The van der Waals surface area contributed by atoms with Crippen molar-refractivity contribution in [3.8, 4) is 11.5 Å². The van der Waals surface area contributed by atoms with Crippen molar-refractivity contribution >= 4 is 17.0 Å². The lowest BCUT2D eigenvalue weighted by Crippen LogP contribution is -2.13. The zero-order chi connectivity index (χ0) is 14.9. The normalized spacial score (nSPS) is 12.4. The number of rotatable bonds is 5. The third kappa shape index (κ3) is 2.39.